The summed E-state index contributed by atoms with van der Waals surface area (Å²) in [5.41, 5.74) is 4.21. The minimum absolute atomic E-state index is 0.0694. The number of ether oxygens (including phenoxy) is 1. The molecule has 29 heavy (non-hydrogen) atoms. The highest BCUT2D eigenvalue weighted by molar-refractivity contribution is 8.18. The van der Waals surface area contributed by atoms with Crippen LogP contribution in [0.5, 0.6) is 0 Å². The highest BCUT2D eigenvalue weighted by atomic mass is 32.2. The van der Waals surface area contributed by atoms with Gasteiger partial charge in [-0.3, -0.25) is 14.5 Å². The Morgan fingerprint density at radius 2 is 2.00 bits per heavy atom. The zero-order valence-electron chi connectivity index (χ0n) is 17.6. The molecule has 0 unspecified atom stereocenters. The third kappa shape index (κ3) is 3.71. The number of hydrogen-bond donors (Lipinski definition) is 0. The molecule has 6 nitrogen and oxygen atoms in total. The molecule has 0 radical (unpaired) electrons. The lowest BCUT2D eigenvalue weighted by Gasteiger charge is -2.42. The standard InChI is InChI=1S/C22H26N2O4S/c1-7-23-17-9-8-15(10-16(17)13(2)12-22(23,4)5)11-18-19(25)24(21(27)29-18)14(3)20(26)28-6/h8-12,14H,7H2,1-6H3/b18-11+/t14-/m0/s1. The van der Waals surface area contributed by atoms with Gasteiger partial charge in [0, 0.05) is 17.8 Å². The summed E-state index contributed by atoms with van der Waals surface area (Å²) in [4.78, 5) is 40.3. The Morgan fingerprint density at radius 1 is 1.31 bits per heavy atom. The van der Waals surface area contributed by atoms with Crippen molar-refractivity contribution in [2.24, 2.45) is 0 Å². The van der Waals surface area contributed by atoms with Gasteiger partial charge >= 0.3 is 5.97 Å². The van der Waals surface area contributed by atoms with E-state index in [1.54, 1.807) is 6.08 Å². The van der Waals surface area contributed by atoms with Crippen molar-refractivity contribution in [3.8, 4) is 0 Å². The van der Waals surface area contributed by atoms with Crippen LogP contribution in [0.25, 0.3) is 11.6 Å². The quantitative estimate of drug-likeness (QED) is 0.540. The Kier molecular flexibility index (Phi) is 5.63. The zero-order valence-corrected chi connectivity index (χ0v) is 18.4. The maximum atomic E-state index is 12.7. The lowest BCUT2D eigenvalue weighted by atomic mass is 9.88. The average molecular weight is 415 g/mol. The summed E-state index contributed by atoms with van der Waals surface area (Å²) in [7, 11) is 1.23. The second-order valence-electron chi connectivity index (χ2n) is 7.75. The minimum Gasteiger partial charge on any atom is -0.467 e. The first-order valence-electron chi connectivity index (χ1n) is 9.57. The Hall–Kier alpha value is -2.54. The number of carbonyl (C=O) groups excluding carboxylic acids is 3. The fourth-order valence-electron chi connectivity index (χ4n) is 4.01. The fraction of sp³-hybridized carbons (Fsp3) is 0.409. The molecule has 0 aliphatic carbocycles. The van der Waals surface area contributed by atoms with E-state index < -0.39 is 23.2 Å². The highest BCUT2D eigenvalue weighted by Crippen LogP contribution is 2.40. The molecule has 1 saturated heterocycles. The van der Waals surface area contributed by atoms with Crippen LogP contribution in [-0.2, 0) is 14.3 Å². The molecule has 2 aliphatic rings. The van der Waals surface area contributed by atoms with E-state index in [0.717, 1.165) is 40.0 Å². The summed E-state index contributed by atoms with van der Waals surface area (Å²) in [6.45, 7) is 11.0. The van der Waals surface area contributed by atoms with Gasteiger partial charge in [0.05, 0.1) is 17.6 Å². The van der Waals surface area contributed by atoms with Crippen molar-refractivity contribution in [3.05, 3.63) is 40.3 Å². The maximum Gasteiger partial charge on any atom is 0.328 e. The average Bonchev–Trinajstić information content (AvgIpc) is 2.93. The van der Waals surface area contributed by atoms with Crippen LogP contribution in [0.15, 0.2) is 29.2 Å². The van der Waals surface area contributed by atoms with Crippen molar-refractivity contribution in [1.29, 1.82) is 0 Å². The van der Waals surface area contributed by atoms with Crippen LogP contribution in [0.3, 0.4) is 0 Å². The van der Waals surface area contributed by atoms with E-state index in [1.165, 1.54) is 19.6 Å². The molecule has 3 rings (SSSR count). The monoisotopic (exact) mass is 414 g/mol. The minimum atomic E-state index is -0.951. The van der Waals surface area contributed by atoms with E-state index in [-0.39, 0.29) is 5.54 Å². The number of amides is 2. The molecular weight excluding hydrogens is 388 g/mol. The van der Waals surface area contributed by atoms with E-state index in [1.807, 2.05) is 12.1 Å². The summed E-state index contributed by atoms with van der Waals surface area (Å²) >= 11 is 0.842. The number of thioether (sulfide) groups is 1. The number of carbonyl (C=O) groups is 3. The third-order valence-electron chi connectivity index (χ3n) is 5.37. The predicted molar refractivity (Wildman–Crippen MR) is 116 cm³/mol. The van der Waals surface area contributed by atoms with Crippen LogP contribution in [0.2, 0.25) is 0 Å². The molecule has 2 aliphatic heterocycles. The maximum absolute atomic E-state index is 12.7. The number of anilines is 1. The first kappa shape index (κ1) is 21.2. The molecule has 0 spiro atoms. The van der Waals surface area contributed by atoms with Crippen molar-refractivity contribution in [1.82, 2.24) is 4.90 Å². The molecule has 1 atom stereocenters. The van der Waals surface area contributed by atoms with E-state index in [2.05, 4.69) is 49.5 Å². The number of rotatable bonds is 4. The molecule has 1 fully saturated rings. The molecule has 7 heteroatoms. The van der Waals surface area contributed by atoms with Gasteiger partial charge in [-0.1, -0.05) is 12.1 Å². The Labute approximate surface area is 175 Å². The van der Waals surface area contributed by atoms with Crippen molar-refractivity contribution in [3.63, 3.8) is 0 Å². The summed E-state index contributed by atoms with van der Waals surface area (Å²) in [6, 6.07) is 5.10. The molecule has 1 aromatic carbocycles. The molecule has 2 heterocycles. The van der Waals surface area contributed by atoms with Crippen molar-refractivity contribution < 1.29 is 19.1 Å². The number of allylic oxidation sites excluding steroid dienone is 1. The number of hydrogen-bond acceptors (Lipinski definition) is 6. The fourth-order valence-corrected chi connectivity index (χ4v) is 4.92. The Bertz CT molecular complexity index is 948. The summed E-state index contributed by atoms with van der Waals surface area (Å²) in [6.07, 6.45) is 3.95. The van der Waals surface area contributed by atoms with Crippen LogP contribution in [0.4, 0.5) is 10.5 Å². The third-order valence-corrected chi connectivity index (χ3v) is 6.25. The van der Waals surface area contributed by atoms with Gasteiger partial charge < -0.3 is 9.64 Å². The van der Waals surface area contributed by atoms with E-state index in [9.17, 15) is 14.4 Å². The largest absolute Gasteiger partial charge is 0.467 e. The van der Waals surface area contributed by atoms with E-state index in [0.29, 0.717) is 4.91 Å². The molecular formula is C22H26N2O4S. The predicted octanol–water partition coefficient (Wildman–Crippen LogP) is 4.31. The van der Waals surface area contributed by atoms with Crippen molar-refractivity contribution in [2.75, 3.05) is 18.6 Å². The number of methoxy groups -OCH3 is 1. The van der Waals surface area contributed by atoms with Gasteiger partial charge in [0.15, 0.2) is 0 Å². The molecule has 0 bridgehead atoms. The van der Waals surface area contributed by atoms with Gasteiger partial charge in [-0.2, -0.15) is 0 Å². The normalized spacial score (nSPS) is 20.6. The van der Waals surface area contributed by atoms with Crippen molar-refractivity contribution in [2.45, 2.75) is 46.2 Å². The molecule has 0 aromatic heterocycles. The number of likely N-dealkylation sites (N-methyl/N-ethyl adjacent to an activating group) is 1. The second-order valence-corrected chi connectivity index (χ2v) is 8.75. The Balaban J connectivity index is 1.95. The van der Waals surface area contributed by atoms with Crippen molar-refractivity contribution >= 4 is 46.2 Å². The Morgan fingerprint density at radius 3 is 2.62 bits per heavy atom. The van der Waals surface area contributed by atoms with Crippen LogP contribution in [0, 0.1) is 0 Å². The molecule has 154 valence electrons. The first-order valence-corrected chi connectivity index (χ1v) is 10.4. The smallest absolute Gasteiger partial charge is 0.328 e. The van der Waals surface area contributed by atoms with E-state index in [4.69, 9.17) is 0 Å². The zero-order chi connectivity index (χ0) is 21.5. The summed E-state index contributed by atoms with van der Waals surface area (Å²) in [5, 5.41) is -0.466. The van der Waals surface area contributed by atoms with Crippen LogP contribution in [-0.4, -0.2) is 47.3 Å². The lowest BCUT2D eigenvalue weighted by molar-refractivity contribution is -0.148. The van der Waals surface area contributed by atoms with Gasteiger partial charge in [0.1, 0.15) is 6.04 Å². The topological polar surface area (TPSA) is 66.9 Å². The summed E-state index contributed by atoms with van der Waals surface area (Å²) < 4.78 is 4.66. The first-order chi connectivity index (χ1) is 13.6. The molecule has 0 saturated carbocycles. The number of imide groups is 1. The van der Waals surface area contributed by atoms with Gasteiger partial charge in [-0.05, 0) is 75.7 Å². The molecule has 2 amide bonds. The van der Waals surface area contributed by atoms with Gasteiger partial charge in [0.2, 0.25) is 0 Å². The van der Waals surface area contributed by atoms with Crippen LogP contribution >= 0.6 is 11.8 Å². The number of fused-ring (bicyclic) bond motifs is 1. The molecule has 1 aromatic rings. The lowest BCUT2D eigenvalue weighted by Crippen LogP contribution is -2.44. The van der Waals surface area contributed by atoms with Crippen LogP contribution < -0.4 is 4.90 Å². The second kappa shape index (κ2) is 7.71. The number of esters is 1. The summed E-state index contributed by atoms with van der Waals surface area (Å²) in [5.74, 6) is -1.09. The highest BCUT2D eigenvalue weighted by Gasteiger charge is 2.41. The SMILES string of the molecule is CCN1c2ccc(/C=C3/SC(=O)N([C@@H](C)C(=O)OC)C3=O)cc2C(C)=CC1(C)C. The van der Waals surface area contributed by atoms with Crippen LogP contribution in [0.1, 0.15) is 45.7 Å². The number of benzene rings is 1. The van der Waals surface area contributed by atoms with Gasteiger partial charge in [-0.15, -0.1) is 0 Å². The molecule has 0 N–H and O–H groups in total. The van der Waals surface area contributed by atoms with Gasteiger partial charge in [-0.25, -0.2) is 4.79 Å². The van der Waals surface area contributed by atoms with Gasteiger partial charge in [0.25, 0.3) is 11.1 Å². The van der Waals surface area contributed by atoms with E-state index >= 15 is 0 Å². The number of nitrogens with zero attached hydrogens (tertiary/aromatic N) is 2.